The number of nitrogens with zero attached hydrogens (tertiary/aromatic N) is 4. The SMILES string of the molecule is COc1ccc(-c2csc(Nc3ccc(-c4noc(C[C@@H]5CCCN5C(=N)N)n4)cc3)n2)cc1Cl. The number of thiazole rings is 1. The van der Waals surface area contributed by atoms with E-state index in [2.05, 4.69) is 20.4 Å². The molecule has 4 aromatic rings. The van der Waals surface area contributed by atoms with Gasteiger partial charge in [-0.05, 0) is 55.3 Å². The van der Waals surface area contributed by atoms with Crippen molar-refractivity contribution in [1.82, 2.24) is 20.0 Å². The molecule has 35 heavy (non-hydrogen) atoms. The van der Waals surface area contributed by atoms with Crippen LogP contribution in [0.1, 0.15) is 18.7 Å². The first-order chi connectivity index (χ1) is 17.0. The van der Waals surface area contributed by atoms with Crippen LogP contribution in [-0.2, 0) is 6.42 Å². The third kappa shape index (κ3) is 5.08. The van der Waals surface area contributed by atoms with Gasteiger partial charge in [-0.3, -0.25) is 5.41 Å². The van der Waals surface area contributed by atoms with Crippen molar-refractivity contribution in [2.75, 3.05) is 19.0 Å². The summed E-state index contributed by atoms with van der Waals surface area (Å²) >= 11 is 7.76. The number of likely N-dealkylation sites (tertiary alicyclic amines) is 1. The zero-order valence-electron chi connectivity index (χ0n) is 19.0. The van der Waals surface area contributed by atoms with Gasteiger partial charge in [-0.2, -0.15) is 4.98 Å². The summed E-state index contributed by atoms with van der Waals surface area (Å²) in [4.78, 5) is 11.1. The Bertz CT molecular complexity index is 1340. The number of benzene rings is 2. The highest BCUT2D eigenvalue weighted by atomic mass is 35.5. The number of nitrogens with one attached hydrogen (secondary N) is 2. The molecule has 3 heterocycles. The minimum absolute atomic E-state index is 0.0930. The molecule has 1 fully saturated rings. The van der Waals surface area contributed by atoms with Crippen LogP contribution in [0.25, 0.3) is 22.6 Å². The van der Waals surface area contributed by atoms with E-state index in [9.17, 15) is 0 Å². The van der Waals surface area contributed by atoms with E-state index in [1.165, 1.54) is 11.3 Å². The van der Waals surface area contributed by atoms with Crippen molar-refractivity contribution in [1.29, 1.82) is 5.41 Å². The molecule has 1 aliphatic heterocycles. The third-order valence-electron chi connectivity index (χ3n) is 5.91. The minimum atomic E-state index is 0.0930. The molecule has 0 unspecified atom stereocenters. The number of hydrogen-bond donors (Lipinski definition) is 3. The predicted octanol–water partition coefficient (Wildman–Crippen LogP) is 5.17. The van der Waals surface area contributed by atoms with Crippen molar-refractivity contribution in [3.63, 3.8) is 0 Å². The lowest BCUT2D eigenvalue weighted by Crippen LogP contribution is -2.41. The highest BCUT2D eigenvalue weighted by molar-refractivity contribution is 7.14. The molecule has 1 saturated heterocycles. The average Bonchev–Trinajstić information content (AvgIpc) is 3.61. The Hall–Kier alpha value is -3.63. The highest BCUT2D eigenvalue weighted by Crippen LogP contribution is 2.33. The molecule has 0 amide bonds. The summed E-state index contributed by atoms with van der Waals surface area (Å²) in [6.07, 6.45) is 2.55. The van der Waals surface area contributed by atoms with E-state index in [1.807, 2.05) is 52.7 Å². The van der Waals surface area contributed by atoms with E-state index in [-0.39, 0.29) is 12.0 Å². The Labute approximate surface area is 211 Å². The van der Waals surface area contributed by atoms with Gasteiger partial charge in [0.2, 0.25) is 11.7 Å². The number of halogens is 1. The van der Waals surface area contributed by atoms with Crippen LogP contribution in [-0.4, -0.2) is 45.7 Å². The Morgan fingerprint density at radius 2 is 2.06 bits per heavy atom. The summed E-state index contributed by atoms with van der Waals surface area (Å²) in [5.74, 6) is 1.81. The summed E-state index contributed by atoms with van der Waals surface area (Å²) in [6.45, 7) is 0.796. The molecule has 1 aliphatic rings. The van der Waals surface area contributed by atoms with Crippen molar-refractivity contribution >= 4 is 39.7 Å². The lowest BCUT2D eigenvalue weighted by molar-refractivity contribution is 0.320. The average molecular weight is 510 g/mol. The first kappa shape index (κ1) is 23.1. The van der Waals surface area contributed by atoms with Crippen molar-refractivity contribution < 1.29 is 9.26 Å². The van der Waals surface area contributed by atoms with E-state index in [1.54, 1.807) is 7.11 Å². The lowest BCUT2D eigenvalue weighted by atomic mass is 10.1. The van der Waals surface area contributed by atoms with Crippen LogP contribution in [0.4, 0.5) is 10.8 Å². The lowest BCUT2D eigenvalue weighted by Gasteiger charge is -2.23. The number of anilines is 2. The molecule has 1 atom stereocenters. The van der Waals surface area contributed by atoms with E-state index >= 15 is 0 Å². The fourth-order valence-corrected chi connectivity index (χ4v) is 5.13. The van der Waals surface area contributed by atoms with Gasteiger partial charge in [0.15, 0.2) is 11.1 Å². The highest BCUT2D eigenvalue weighted by Gasteiger charge is 2.27. The maximum absolute atomic E-state index is 7.71. The Kier molecular flexibility index (Phi) is 6.56. The first-order valence-electron chi connectivity index (χ1n) is 11.1. The Morgan fingerprint density at radius 3 is 2.80 bits per heavy atom. The van der Waals surface area contributed by atoms with Gasteiger partial charge in [-0.1, -0.05) is 16.8 Å². The van der Waals surface area contributed by atoms with E-state index in [0.717, 1.165) is 47.0 Å². The molecule has 4 N–H and O–H groups in total. The smallest absolute Gasteiger partial charge is 0.229 e. The zero-order chi connectivity index (χ0) is 24.4. The monoisotopic (exact) mass is 509 g/mol. The second-order valence-corrected chi connectivity index (χ2v) is 9.45. The molecule has 0 aliphatic carbocycles. The van der Waals surface area contributed by atoms with Gasteiger partial charge < -0.3 is 25.2 Å². The van der Waals surface area contributed by atoms with E-state index in [4.69, 9.17) is 32.0 Å². The fraction of sp³-hybridized carbons (Fsp3) is 0.250. The molecule has 5 rings (SSSR count). The largest absolute Gasteiger partial charge is 0.495 e. The van der Waals surface area contributed by atoms with Crippen molar-refractivity contribution in [2.45, 2.75) is 25.3 Å². The summed E-state index contributed by atoms with van der Waals surface area (Å²) in [5.41, 5.74) is 9.19. The van der Waals surface area contributed by atoms with Crippen LogP contribution in [0.2, 0.25) is 5.02 Å². The summed E-state index contributed by atoms with van der Waals surface area (Å²) < 4.78 is 10.7. The number of guanidine groups is 1. The van der Waals surface area contributed by atoms with Gasteiger partial charge in [-0.25, -0.2) is 4.98 Å². The van der Waals surface area contributed by atoms with Gasteiger partial charge in [0.1, 0.15) is 5.75 Å². The van der Waals surface area contributed by atoms with Crippen molar-refractivity contribution in [3.8, 4) is 28.4 Å². The quantitative estimate of drug-likeness (QED) is 0.230. The van der Waals surface area contributed by atoms with Crippen LogP contribution in [0, 0.1) is 5.41 Å². The van der Waals surface area contributed by atoms with Crippen LogP contribution in [0.15, 0.2) is 52.4 Å². The molecule has 0 bridgehead atoms. The maximum Gasteiger partial charge on any atom is 0.229 e. The van der Waals surface area contributed by atoms with Gasteiger partial charge >= 0.3 is 0 Å². The molecule has 0 spiro atoms. The number of ether oxygens (including phenoxy) is 1. The molecule has 0 saturated carbocycles. The number of aromatic nitrogens is 3. The van der Waals surface area contributed by atoms with Crippen LogP contribution in [0.3, 0.4) is 0 Å². The molecule has 11 heteroatoms. The summed E-state index contributed by atoms with van der Waals surface area (Å²) in [6, 6.07) is 13.5. The predicted molar refractivity (Wildman–Crippen MR) is 137 cm³/mol. The zero-order valence-corrected chi connectivity index (χ0v) is 20.6. The van der Waals surface area contributed by atoms with E-state index in [0.29, 0.717) is 28.9 Å². The van der Waals surface area contributed by atoms with Crippen LogP contribution in [0.5, 0.6) is 5.75 Å². The fourth-order valence-electron chi connectivity index (χ4n) is 4.14. The van der Waals surface area contributed by atoms with Crippen LogP contribution >= 0.6 is 22.9 Å². The standard InChI is InChI=1S/C24H24ClN7O2S/c1-33-20-9-6-15(11-18(20)25)19-13-35-24(29-19)28-16-7-4-14(5-8-16)22-30-21(34-31-22)12-17-3-2-10-32(17)23(26)27/h4-9,11,13,17H,2-3,10,12H2,1H3,(H3,26,27)(H,28,29)/t17-/m0/s1. The summed E-state index contributed by atoms with van der Waals surface area (Å²) in [7, 11) is 1.59. The second-order valence-electron chi connectivity index (χ2n) is 8.18. The number of methoxy groups -OCH3 is 1. The number of nitrogens with two attached hydrogens (primary N) is 1. The topological polar surface area (TPSA) is 126 Å². The normalized spacial score (nSPS) is 15.4. The van der Waals surface area contributed by atoms with Crippen LogP contribution < -0.4 is 15.8 Å². The number of rotatable bonds is 7. The Balaban J connectivity index is 1.23. The molecular formula is C24H24ClN7O2S. The second kappa shape index (κ2) is 9.93. The van der Waals surface area contributed by atoms with E-state index < -0.39 is 0 Å². The molecule has 180 valence electrons. The minimum Gasteiger partial charge on any atom is -0.495 e. The Morgan fingerprint density at radius 1 is 1.26 bits per heavy atom. The van der Waals surface area contributed by atoms with Gasteiger partial charge in [-0.15, -0.1) is 11.3 Å². The molecular weight excluding hydrogens is 486 g/mol. The van der Waals surface area contributed by atoms with Crippen molar-refractivity contribution in [3.05, 3.63) is 58.8 Å². The molecule has 2 aromatic heterocycles. The van der Waals surface area contributed by atoms with Gasteiger partial charge in [0, 0.05) is 41.2 Å². The molecule has 9 nitrogen and oxygen atoms in total. The van der Waals surface area contributed by atoms with Crippen molar-refractivity contribution in [2.24, 2.45) is 5.73 Å². The number of hydrogen-bond acceptors (Lipinski definition) is 8. The first-order valence-corrected chi connectivity index (χ1v) is 12.4. The van der Waals surface area contributed by atoms with Gasteiger partial charge in [0.05, 0.1) is 17.8 Å². The maximum atomic E-state index is 7.71. The molecule has 0 radical (unpaired) electrons. The summed E-state index contributed by atoms with van der Waals surface area (Å²) in [5, 5.41) is 18.5. The third-order valence-corrected chi connectivity index (χ3v) is 6.96. The molecule has 2 aromatic carbocycles. The van der Waals surface area contributed by atoms with Gasteiger partial charge in [0.25, 0.3) is 0 Å².